The molecular weight excluding hydrogens is 150 g/mol. The zero-order valence-corrected chi connectivity index (χ0v) is 5.76. The highest BCUT2D eigenvalue weighted by Gasteiger charge is 1.99. The Bertz CT molecular complexity index is 355. The van der Waals surface area contributed by atoms with Crippen LogP contribution in [0.2, 0.25) is 5.02 Å². The summed E-state index contributed by atoms with van der Waals surface area (Å²) in [5.41, 5.74) is 1.64. The summed E-state index contributed by atoms with van der Waals surface area (Å²) in [6.45, 7) is 0. The topological polar surface area (TPSA) is 41.6 Å². The van der Waals surface area contributed by atoms with Crippen LogP contribution in [0.15, 0.2) is 18.7 Å². The standard InChI is InChI=1S/C6H4ClN3/c7-4-1-9-5-2-8-3-10-6(4)5/h1-3,9H. The predicted molar refractivity (Wildman–Crippen MR) is 38.9 cm³/mol. The van der Waals surface area contributed by atoms with E-state index in [0.717, 1.165) is 11.0 Å². The molecule has 0 bridgehead atoms. The lowest BCUT2D eigenvalue weighted by Gasteiger charge is -1.84. The summed E-state index contributed by atoms with van der Waals surface area (Å²) in [5.74, 6) is 0. The van der Waals surface area contributed by atoms with Gasteiger partial charge in [-0.1, -0.05) is 11.6 Å². The molecule has 0 saturated carbocycles. The highest BCUT2D eigenvalue weighted by molar-refractivity contribution is 6.34. The van der Waals surface area contributed by atoms with Gasteiger partial charge in [0.1, 0.15) is 11.8 Å². The fraction of sp³-hybridized carbons (Fsp3) is 0. The van der Waals surface area contributed by atoms with E-state index in [1.54, 1.807) is 12.4 Å². The van der Waals surface area contributed by atoms with Crippen LogP contribution in [0.1, 0.15) is 0 Å². The average Bonchev–Trinajstić information content (AvgIpc) is 2.34. The lowest BCUT2D eigenvalue weighted by Crippen LogP contribution is -1.75. The predicted octanol–water partition coefficient (Wildman–Crippen LogP) is 1.61. The Kier molecular flexibility index (Phi) is 1.11. The van der Waals surface area contributed by atoms with Crippen molar-refractivity contribution in [1.29, 1.82) is 0 Å². The fourth-order valence-corrected chi connectivity index (χ4v) is 1.04. The molecular formula is C6H4ClN3. The Morgan fingerprint density at radius 2 is 2.40 bits per heavy atom. The molecule has 2 heterocycles. The van der Waals surface area contributed by atoms with E-state index in [9.17, 15) is 0 Å². The molecule has 4 heteroatoms. The third-order valence-corrected chi connectivity index (χ3v) is 1.58. The minimum atomic E-state index is 0.636. The van der Waals surface area contributed by atoms with Crippen molar-refractivity contribution in [3.8, 4) is 0 Å². The molecule has 10 heavy (non-hydrogen) atoms. The van der Waals surface area contributed by atoms with E-state index >= 15 is 0 Å². The van der Waals surface area contributed by atoms with Gasteiger partial charge < -0.3 is 4.98 Å². The van der Waals surface area contributed by atoms with E-state index in [-0.39, 0.29) is 0 Å². The van der Waals surface area contributed by atoms with Crippen molar-refractivity contribution >= 4 is 22.6 Å². The number of H-pyrrole nitrogens is 1. The average molecular weight is 154 g/mol. The highest BCUT2D eigenvalue weighted by Crippen LogP contribution is 2.18. The van der Waals surface area contributed by atoms with Crippen molar-refractivity contribution in [1.82, 2.24) is 15.0 Å². The molecule has 50 valence electrons. The maximum Gasteiger partial charge on any atom is 0.116 e. The van der Waals surface area contributed by atoms with Crippen molar-refractivity contribution in [3.05, 3.63) is 23.7 Å². The second-order valence-corrected chi connectivity index (χ2v) is 2.33. The Balaban J connectivity index is 2.93. The first-order valence-corrected chi connectivity index (χ1v) is 3.18. The minimum absolute atomic E-state index is 0.636. The molecule has 0 fully saturated rings. The van der Waals surface area contributed by atoms with Crippen LogP contribution < -0.4 is 0 Å². The molecule has 2 aromatic heterocycles. The zero-order valence-electron chi connectivity index (χ0n) is 5.00. The van der Waals surface area contributed by atoms with Gasteiger partial charge in [-0.3, -0.25) is 0 Å². The summed E-state index contributed by atoms with van der Waals surface area (Å²) in [6.07, 6.45) is 4.86. The van der Waals surface area contributed by atoms with E-state index < -0.39 is 0 Å². The van der Waals surface area contributed by atoms with Gasteiger partial charge in [-0.25, -0.2) is 9.97 Å². The molecule has 1 N–H and O–H groups in total. The Hall–Kier alpha value is -1.09. The largest absolute Gasteiger partial charge is 0.357 e. The number of nitrogens with zero attached hydrogens (tertiary/aromatic N) is 2. The van der Waals surface area contributed by atoms with Gasteiger partial charge in [0.2, 0.25) is 0 Å². The van der Waals surface area contributed by atoms with Gasteiger partial charge >= 0.3 is 0 Å². The van der Waals surface area contributed by atoms with Crippen LogP contribution in [0.5, 0.6) is 0 Å². The quantitative estimate of drug-likeness (QED) is 0.625. The van der Waals surface area contributed by atoms with Crippen molar-refractivity contribution in [2.24, 2.45) is 0 Å². The lowest BCUT2D eigenvalue weighted by molar-refractivity contribution is 1.22. The number of aromatic amines is 1. The molecule has 0 aliphatic rings. The maximum atomic E-state index is 5.75. The molecule has 0 amide bonds. The van der Waals surface area contributed by atoms with Crippen LogP contribution in [0.4, 0.5) is 0 Å². The van der Waals surface area contributed by atoms with Gasteiger partial charge in [0.15, 0.2) is 0 Å². The molecule has 0 saturated heterocycles. The van der Waals surface area contributed by atoms with Gasteiger partial charge in [0.05, 0.1) is 16.7 Å². The summed E-state index contributed by atoms with van der Waals surface area (Å²) >= 11 is 5.75. The van der Waals surface area contributed by atoms with E-state index in [0.29, 0.717) is 5.02 Å². The van der Waals surface area contributed by atoms with Crippen molar-refractivity contribution in [2.75, 3.05) is 0 Å². The monoisotopic (exact) mass is 153 g/mol. The van der Waals surface area contributed by atoms with Crippen LogP contribution in [-0.4, -0.2) is 15.0 Å². The van der Waals surface area contributed by atoms with Crippen LogP contribution in [-0.2, 0) is 0 Å². The molecule has 0 aromatic carbocycles. The SMILES string of the molecule is Clc1c[nH]c2cncnc12. The van der Waals surface area contributed by atoms with E-state index in [4.69, 9.17) is 11.6 Å². The second kappa shape index (κ2) is 1.95. The molecule has 0 radical (unpaired) electrons. The summed E-state index contributed by atoms with van der Waals surface area (Å²) in [4.78, 5) is 10.7. The summed E-state index contributed by atoms with van der Waals surface area (Å²) in [5, 5.41) is 0.636. The van der Waals surface area contributed by atoms with Crippen molar-refractivity contribution in [3.63, 3.8) is 0 Å². The van der Waals surface area contributed by atoms with Crippen LogP contribution >= 0.6 is 11.6 Å². The smallest absolute Gasteiger partial charge is 0.116 e. The number of hydrogen-bond donors (Lipinski definition) is 1. The van der Waals surface area contributed by atoms with Gasteiger partial charge in [-0.2, -0.15) is 0 Å². The molecule has 0 spiro atoms. The number of fused-ring (bicyclic) bond motifs is 1. The van der Waals surface area contributed by atoms with E-state index in [1.165, 1.54) is 6.33 Å². The third-order valence-electron chi connectivity index (χ3n) is 1.29. The van der Waals surface area contributed by atoms with Gasteiger partial charge in [-0.15, -0.1) is 0 Å². The summed E-state index contributed by atoms with van der Waals surface area (Å²) in [6, 6.07) is 0. The molecule has 0 aliphatic carbocycles. The third kappa shape index (κ3) is 0.675. The Morgan fingerprint density at radius 3 is 3.20 bits per heavy atom. The van der Waals surface area contributed by atoms with Crippen LogP contribution in [0.3, 0.4) is 0 Å². The molecule has 2 rings (SSSR count). The Morgan fingerprint density at radius 1 is 1.50 bits per heavy atom. The highest BCUT2D eigenvalue weighted by atomic mass is 35.5. The lowest BCUT2D eigenvalue weighted by atomic mass is 10.5. The normalized spacial score (nSPS) is 10.5. The van der Waals surface area contributed by atoms with Crippen molar-refractivity contribution in [2.45, 2.75) is 0 Å². The first-order valence-electron chi connectivity index (χ1n) is 2.80. The van der Waals surface area contributed by atoms with E-state index in [2.05, 4.69) is 15.0 Å². The van der Waals surface area contributed by atoms with Crippen LogP contribution in [0, 0.1) is 0 Å². The minimum Gasteiger partial charge on any atom is -0.357 e. The molecule has 3 nitrogen and oxygen atoms in total. The molecule has 0 unspecified atom stereocenters. The first-order chi connectivity index (χ1) is 4.88. The molecule has 0 aliphatic heterocycles. The first kappa shape index (κ1) is 5.68. The fourth-order valence-electron chi connectivity index (χ4n) is 0.835. The van der Waals surface area contributed by atoms with Gasteiger partial charge in [0, 0.05) is 6.20 Å². The van der Waals surface area contributed by atoms with E-state index in [1.807, 2.05) is 0 Å². The number of nitrogens with one attached hydrogen (secondary N) is 1. The van der Waals surface area contributed by atoms with Gasteiger partial charge in [-0.05, 0) is 0 Å². The van der Waals surface area contributed by atoms with Gasteiger partial charge in [0.25, 0.3) is 0 Å². The summed E-state index contributed by atoms with van der Waals surface area (Å²) in [7, 11) is 0. The number of rotatable bonds is 0. The summed E-state index contributed by atoms with van der Waals surface area (Å²) < 4.78 is 0. The van der Waals surface area contributed by atoms with Crippen LogP contribution in [0.25, 0.3) is 11.0 Å². The number of halogens is 1. The number of aromatic nitrogens is 3. The molecule has 0 atom stereocenters. The second-order valence-electron chi connectivity index (χ2n) is 1.92. The molecule has 2 aromatic rings. The zero-order chi connectivity index (χ0) is 6.97. The number of hydrogen-bond acceptors (Lipinski definition) is 2. The van der Waals surface area contributed by atoms with Crippen molar-refractivity contribution < 1.29 is 0 Å². The maximum absolute atomic E-state index is 5.75. The Labute approximate surface area is 62.1 Å².